The lowest BCUT2D eigenvalue weighted by Gasteiger charge is -2.28. The molecule has 0 aromatic heterocycles. The first-order valence-corrected chi connectivity index (χ1v) is 8.94. The third-order valence-corrected chi connectivity index (χ3v) is 5.74. The molecular weight excluding hydrogens is 280 g/mol. The number of carbonyl (C=O) groups excluding carboxylic acids is 1. The van der Waals surface area contributed by atoms with Crippen LogP contribution in [0, 0.1) is 0 Å². The summed E-state index contributed by atoms with van der Waals surface area (Å²) in [6.45, 7) is 4.97. The molecule has 0 aliphatic carbocycles. The van der Waals surface area contributed by atoms with Gasteiger partial charge in [-0.05, 0) is 33.7 Å². The number of nitrogens with one attached hydrogen (secondary N) is 1. The fraction of sp³-hybridized carbons (Fsp3) is 0.923. The number of likely N-dealkylation sites (N-methyl/N-ethyl adjacent to an activating group) is 1. The van der Waals surface area contributed by atoms with Crippen LogP contribution in [-0.2, 0) is 19.4 Å². The summed E-state index contributed by atoms with van der Waals surface area (Å²) in [6.07, 6.45) is 3.37. The van der Waals surface area contributed by atoms with E-state index in [0.717, 1.165) is 19.4 Å². The minimum absolute atomic E-state index is 0.101. The summed E-state index contributed by atoms with van der Waals surface area (Å²) in [4.78, 5) is 13.6. The van der Waals surface area contributed by atoms with E-state index in [1.807, 2.05) is 6.92 Å². The molecule has 7 heteroatoms. The van der Waals surface area contributed by atoms with Gasteiger partial charge in [-0.3, -0.25) is 9.69 Å². The minimum atomic E-state index is -3.10. The highest BCUT2D eigenvalue weighted by Crippen LogP contribution is 2.11. The molecule has 0 bridgehead atoms. The lowest BCUT2D eigenvalue weighted by atomic mass is 10.2. The van der Waals surface area contributed by atoms with Crippen molar-refractivity contribution < 1.29 is 17.9 Å². The fourth-order valence-electron chi connectivity index (χ4n) is 2.18. The number of rotatable bonds is 7. The van der Waals surface area contributed by atoms with Crippen molar-refractivity contribution in [2.24, 2.45) is 0 Å². The van der Waals surface area contributed by atoms with Crippen LogP contribution in [0.25, 0.3) is 0 Å². The number of sulfone groups is 1. The van der Waals surface area contributed by atoms with Crippen molar-refractivity contribution in [1.29, 1.82) is 0 Å². The van der Waals surface area contributed by atoms with Crippen molar-refractivity contribution in [3.8, 4) is 0 Å². The van der Waals surface area contributed by atoms with Crippen LogP contribution in [0.3, 0.4) is 0 Å². The lowest BCUT2D eigenvalue weighted by Crippen LogP contribution is -2.46. The van der Waals surface area contributed by atoms with E-state index < -0.39 is 15.1 Å². The molecule has 0 saturated carbocycles. The van der Waals surface area contributed by atoms with E-state index in [-0.39, 0.29) is 24.6 Å². The van der Waals surface area contributed by atoms with Crippen LogP contribution in [-0.4, -0.2) is 69.6 Å². The maximum Gasteiger partial charge on any atom is 0.234 e. The number of carbonyl (C=O) groups is 1. The van der Waals surface area contributed by atoms with Crippen molar-refractivity contribution >= 4 is 15.7 Å². The van der Waals surface area contributed by atoms with E-state index in [1.54, 1.807) is 18.9 Å². The molecule has 0 spiro atoms. The number of hydrogen-bond acceptors (Lipinski definition) is 5. The predicted molar refractivity (Wildman–Crippen MR) is 78.4 cm³/mol. The van der Waals surface area contributed by atoms with Gasteiger partial charge in [0.05, 0.1) is 17.9 Å². The predicted octanol–water partition coefficient (Wildman–Crippen LogP) is 0.0350. The highest BCUT2D eigenvalue weighted by Gasteiger charge is 2.26. The van der Waals surface area contributed by atoms with Crippen LogP contribution >= 0.6 is 0 Å². The molecule has 1 amide bonds. The molecule has 6 nitrogen and oxygen atoms in total. The normalized spacial score (nSPS) is 22.8. The number of hydrogen-bond donors (Lipinski definition) is 1. The van der Waals surface area contributed by atoms with Crippen LogP contribution in [0.15, 0.2) is 0 Å². The molecule has 0 aromatic carbocycles. The molecule has 3 unspecified atom stereocenters. The van der Waals surface area contributed by atoms with Gasteiger partial charge in [-0.25, -0.2) is 8.42 Å². The van der Waals surface area contributed by atoms with Gasteiger partial charge >= 0.3 is 0 Å². The van der Waals surface area contributed by atoms with E-state index in [4.69, 9.17) is 4.74 Å². The zero-order chi connectivity index (χ0) is 15.3. The standard InChI is InChI=1S/C13H26N2O4S/c1-10(11(2)20(4,17)18)15(3)9-13(16)14-8-12-6-5-7-19-12/h10-12H,5-9H2,1-4H3,(H,14,16). The first-order valence-electron chi connectivity index (χ1n) is 6.99. The Hall–Kier alpha value is -0.660. The number of ether oxygens (including phenoxy) is 1. The summed E-state index contributed by atoms with van der Waals surface area (Å²) >= 11 is 0. The molecule has 1 saturated heterocycles. The Morgan fingerprint density at radius 1 is 1.45 bits per heavy atom. The Labute approximate surface area is 121 Å². The summed E-state index contributed by atoms with van der Waals surface area (Å²) in [5.41, 5.74) is 0. The van der Waals surface area contributed by atoms with Crippen molar-refractivity contribution in [3.63, 3.8) is 0 Å². The van der Waals surface area contributed by atoms with Crippen LogP contribution in [0.1, 0.15) is 26.7 Å². The second-order valence-electron chi connectivity index (χ2n) is 5.63. The molecule has 20 heavy (non-hydrogen) atoms. The monoisotopic (exact) mass is 306 g/mol. The van der Waals surface area contributed by atoms with Crippen molar-refractivity contribution in [3.05, 3.63) is 0 Å². The second-order valence-corrected chi connectivity index (χ2v) is 8.03. The Bertz CT molecular complexity index is 418. The van der Waals surface area contributed by atoms with Crippen molar-refractivity contribution in [1.82, 2.24) is 10.2 Å². The van der Waals surface area contributed by atoms with Crippen LogP contribution in [0.5, 0.6) is 0 Å². The third-order valence-electron chi connectivity index (χ3n) is 3.99. The quantitative estimate of drug-likeness (QED) is 0.718. The van der Waals surface area contributed by atoms with Gasteiger partial charge in [-0.1, -0.05) is 0 Å². The maximum atomic E-state index is 11.8. The fourth-order valence-corrected chi connectivity index (χ4v) is 3.10. The van der Waals surface area contributed by atoms with Gasteiger partial charge in [0.1, 0.15) is 0 Å². The molecule has 1 N–H and O–H groups in total. The number of amides is 1. The molecule has 3 atom stereocenters. The third kappa shape index (κ3) is 5.38. The average molecular weight is 306 g/mol. The van der Waals surface area contributed by atoms with Crippen LogP contribution in [0.4, 0.5) is 0 Å². The molecule has 1 aliphatic rings. The minimum Gasteiger partial charge on any atom is -0.376 e. The lowest BCUT2D eigenvalue weighted by molar-refractivity contribution is -0.122. The molecule has 118 valence electrons. The van der Waals surface area contributed by atoms with E-state index >= 15 is 0 Å². The summed E-state index contributed by atoms with van der Waals surface area (Å²) < 4.78 is 28.5. The number of nitrogens with zero attached hydrogens (tertiary/aromatic N) is 1. The van der Waals surface area contributed by atoms with Gasteiger partial charge in [0, 0.05) is 25.4 Å². The molecule has 1 rings (SSSR count). The molecule has 0 radical (unpaired) electrons. The van der Waals surface area contributed by atoms with E-state index in [9.17, 15) is 13.2 Å². The van der Waals surface area contributed by atoms with Gasteiger partial charge in [-0.2, -0.15) is 0 Å². The Balaban J connectivity index is 2.36. The first-order chi connectivity index (χ1) is 9.21. The zero-order valence-corrected chi connectivity index (χ0v) is 13.6. The van der Waals surface area contributed by atoms with E-state index in [0.29, 0.717) is 6.54 Å². The summed E-state index contributed by atoms with van der Waals surface area (Å²) in [5, 5.41) is 2.33. The van der Waals surface area contributed by atoms with Crippen LogP contribution in [0.2, 0.25) is 0 Å². The first kappa shape index (κ1) is 17.4. The average Bonchev–Trinajstić information content (AvgIpc) is 2.86. The molecule has 0 aromatic rings. The van der Waals surface area contributed by atoms with Gasteiger partial charge < -0.3 is 10.1 Å². The Kier molecular flexibility index (Phi) is 6.42. The molecule has 1 aliphatic heterocycles. The largest absolute Gasteiger partial charge is 0.376 e. The second kappa shape index (κ2) is 7.38. The molecule has 1 fully saturated rings. The van der Waals surface area contributed by atoms with Gasteiger partial charge in [0.25, 0.3) is 0 Å². The van der Waals surface area contributed by atoms with E-state index in [2.05, 4.69) is 5.32 Å². The van der Waals surface area contributed by atoms with Gasteiger partial charge in [0.2, 0.25) is 5.91 Å². The topological polar surface area (TPSA) is 75.7 Å². The van der Waals surface area contributed by atoms with Gasteiger partial charge in [-0.15, -0.1) is 0 Å². The SMILES string of the molecule is CC(C(C)S(C)(=O)=O)N(C)CC(=O)NCC1CCCO1. The molecule has 1 heterocycles. The highest BCUT2D eigenvalue weighted by molar-refractivity contribution is 7.91. The van der Waals surface area contributed by atoms with Crippen molar-refractivity contribution in [2.45, 2.75) is 44.1 Å². The molecular formula is C13H26N2O4S. The summed E-state index contributed by atoms with van der Waals surface area (Å²) in [6, 6.07) is -0.210. The van der Waals surface area contributed by atoms with Crippen molar-refractivity contribution in [2.75, 3.05) is 33.0 Å². The van der Waals surface area contributed by atoms with E-state index in [1.165, 1.54) is 6.26 Å². The zero-order valence-electron chi connectivity index (χ0n) is 12.8. The summed E-state index contributed by atoms with van der Waals surface area (Å²) in [5.74, 6) is -0.101. The highest BCUT2D eigenvalue weighted by atomic mass is 32.2. The van der Waals surface area contributed by atoms with Gasteiger partial charge in [0.15, 0.2) is 9.84 Å². The van der Waals surface area contributed by atoms with Crippen LogP contribution < -0.4 is 5.32 Å². The smallest absolute Gasteiger partial charge is 0.234 e. The summed E-state index contributed by atoms with van der Waals surface area (Å²) in [7, 11) is -1.34. The Morgan fingerprint density at radius 3 is 2.60 bits per heavy atom. The Morgan fingerprint density at radius 2 is 2.10 bits per heavy atom. The maximum absolute atomic E-state index is 11.8.